The fraction of sp³-hybridized carbons (Fsp3) is 0.138. The van der Waals surface area contributed by atoms with E-state index in [0.29, 0.717) is 6.61 Å². The van der Waals surface area contributed by atoms with E-state index in [9.17, 15) is 4.79 Å². The molecule has 3 nitrogen and oxygen atoms in total. The Morgan fingerprint density at radius 1 is 0.636 bits per heavy atom. The van der Waals surface area contributed by atoms with E-state index in [0.717, 1.165) is 18.5 Å². The van der Waals surface area contributed by atoms with E-state index in [1.165, 1.54) is 15.6 Å². The van der Waals surface area contributed by atoms with Crippen LogP contribution in [-0.2, 0) is 9.53 Å². The molecule has 1 saturated heterocycles. The second-order valence-electron chi connectivity index (χ2n) is 8.34. The summed E-state index contributed by atoms with van der Waals surface area (Å²) in [6, 6.07) is 42.1. The maximum atomic E-state index is 13.3. The lowest BCUT2D eigenvalue weighted by atomic mass is 10.1. The number of rotatable bonds is 6. The van der Waals surface area contributed by atoms with Gasteiger partial charge >= 0.3 is 5.97 Å². The molecule has 0 spiro atoms. The summed E-state index contributed by atoms with van der Waals surface area (Å²) in [4.78, 5) is 13.3. The molecule has 1 atom stereocenters. The quantitative estimate of drug-likeness (QED) is 0.254. The van der Waals surface area contributed by atoms with Crippen LogP contribution in [0.25, 0.3) is 0 Å². The topological polar surface area (TPSA) is 29.5 Å². The lowest BCUT2D eigenvalue weighted by Gasteiger charge is -2.48. The summed E-state index contributed by atoms with van der Waals surface area (Å²) in [7, 11) is -2.89. The van der Waals surface area contributed by atoms with Crippen molar-refractivity contribution in [1.82, 2.24) is 0 Å². The number of anilines is 1. The maximum absolute atomic E-state index is 13.3. The second kappa shape index (κ2) is 9.47. The zero-order valence-corrected chi connectivity index (χ0v) is 19.5. The molecular weight excluding hydrogens is 422 g/mol. The molecule has 0 aliphatic carbocycles. The van der Waals surface area contributed by atoms with Crippen LogP contribution in [0, 0.1) is 0 Å². The highest BCUT2D eigenvalue weighted by atomic mass is 28.3. The van der Waals surface area contributed by atoms with Crippen molar-refractivity contribution >= 4 is 35.5 Å². The van der Waals surface area contributed by atoms with Crippen molar-refractivity contribution < 1.29 is 9.53 Å². The predicted octanol–water partition coefficient (Wildman–Crippen LogP) is 3.87. The highest BCUT2D eigenvalue weighted by molar-refractivity contribution is 7.13. The fourth-order valence-corrected chi connectivity index (χ4v) is 10.1. The Morgan fingerprint density at radius 3 is 1.48 bits per heavy atom. The summed E-state index contributed by atoms with van der Waals surface area (Å²) in [6.45, 7) is 0.495. The molecule has 1 heterocycles. The predicted molar refractivity (Wildman–Crippen MR) is 137 cm³/mol. The first-order valence-corrected chi connectivity index (χ1v) is 13.4. The standard InChI is InChI=1S/C29H27NO2Si/c31-29-28(22-13-23-32-29)30(24-14-5-1-6-15-24)33(25-16-7-2-8-17-25,26-18-9-3-10-19-26)27-20-11-4-12-21-27/h1-12,14-21,28H,13,22-23H2. The van der Waals surface area contributed by atoms with Crippen LogP contribution in [0.2, 0.25) is 0 Å². The number of carbonyl (C=O) groups excluding carboxylic acids is 1. The minimum atomic E-state index is -2.89. The van der Waals surface area contributed by atoms with Crippen LogP contribution < -0.4 is 20.1 Å². The first-order valence-electron chi connectivity index (χ1n) is 11.5. The Kier molecular flexibility index (Phi) is 6.09. The van der Waals surface area contributed by atoms with Gasteiger partial charge in [0.15, 0.2) is 0 Å². The summed E-state index contributed by atoms with van der Waals surface area (Å²) >= 11 is 0. The van der Waals surface area contributed by atoms with Gasteiger partial charge in [-0.05, 0) is 40.5 Å². The second-order valence-corrected chi connectivity index (χ2v) is 12.0. The van der Waals surface area contributed by atoms with E-state index in [-0.39, 0.29) is 12.0 Å². The molecule has 0 saturated carbocycles. The summed E-state index contributed by atoms with van der Waals surface area (Å²) in [5.74, 6) is -0.134. The SMILES string of the molecule is O=C1OCCCC1N(c1ccccc1)[Si](c1ccccc1)(c1ccccc1)c1ccccc1. The van der Waals surface area contributed by atoms with Gasteiger partial charge in [0.25, 0.3) is 8.24 Å². The van der Waals surface area contributed by atoms with Crippen molar-refractivity contribution in [3.63, 3.8) is 0 Å². The fourth-order valence-electron chi connectivity index (χ4n) is 5.05. The molecule has 0 radical (unpaired) electrons. The van der Waals surface area contributed by atoms with Crippen molar-refractivity contribution in [2.75, 3.05) is 11.2 Å². The monoisotopic (exact) mass is 449 g/mol. The smallest absolute Gasteiger partial charge is 0.328 e. The molecule has 0 amide bonds. The highest BCUT2D eigenvalue weighted by Gasteiger charge is 2.50. The molecule has 33 heavy (non-hydrogen) atoms. The number of carbonyl (C=O) groups is 1. The maximum Gasteiger partial charge on any atom is 0.328 e. The highest BCUT2D eigenvalue weighted by Crippen LogP contribution is 2.29. The van der Waals surface area contributed by atoms with Gasteiger partial charge in [-0.25, -0.2) is 4.79 Å². The van der Waals surface area contributed by atoms with E-state index in [1.54, 1.807) is 0 Å². The summed E-state index contributed by atoms with van der Waals surface area (Å²) in [5, 5.41) is 3.72. The molecule has 4 aromatic rings. The van der Waals surface area contributed by atoms with E-state index >= 15 is 0 Å². The van der Waals surface area contributed by atoms with Crippen LogP contribution in [0.15, 0.2) is 121 Å². The van der Waals surface area contributed by atoms with Crippen molar-refractivity contribution in [2.45, 2.75) is 18.9 Å². The average Bonchev–Trinajstić information content (AvgIpc) is 2.90. The van der Waals surface area contributed by atoms with E-state index in [4.69, 9.17) is 4.74 Å². The zero-order valence-electron chi connectivity index (χ0n) is 18.5. The Balaban J connectivity index is 1.89. The molecule has 1 fully saturated rings. The largest absolute Gasteiger partial charge is 0.464 e. The molecule has 0 bridgehead atoms. The van der Waals surface area contributed by atoms with Crippen molar-refractivity contribution in [2.24, 2.45) is 0 Å². The molecule has 4 aromatic carbocycles. The number of benzene rings is 4. The Hall–Kier alpha value is -3.63. The molecule has 1 unspecified atom stereocenters. The average molecular weight is 450 g/mol. The van der Waals surface area contributed by atoms with E-state index < -0.39 is 8.24 Å². The van der Waals surface area contributed by atoms with Crippen LogP contribution in [0.1, 0.15) is 12.8 Å². The van der Waals surface area contributed by atoms with Gasteiger partial charge < -0.3 is 9.30 Å². The van der Waals surface area contributed by atoms with Gasteiger partial charge in [-0.2, -0.15) is 0 Å². The van der Waals surface area contributed by atoms with Crippen LogP contribution >= 0.6 is 0 Å². The van der Waals surface area contributed by atoms with Crippen molar-refractivity contribution in [1.29, 1.82) is 0 Å². The van der Waals surface area contributed by atoms with Gasteiger partial charge in [0.05, 0.1) is 6.61 Å². The van der Waals surface area contributed by atoms with Crippen LogP contribution in [-0.4, -0.2) is 26.9 Å². The van der Waals surface area contributed by atoms with Gasteiger partial charge in [0, 0.05) is 5.69 Å². The number of para-hydroxylation sites is 1. The van der Waals surface area contributed by atoms with Crippen molar-refractivity contribution in [3.05, 3.63) is 121 Å². The molecular formula is C29H27NO2Si. The Labute approximate surface area is 196 Å². The first-order chi connectivity index (χ1) is 16.3. The minimum absolute atomic E-state index is 0.134. The number of cyclic esters (lactones) is 1. The molecule has 4 heteroatoms. The third-order valence-corrected chi connectivity index (χ3v) is 11.2. The Morgan fingerprint density at radius 2 is 1.06 bits per heavy atom. The number of nitrogens with zero attached hydrogens (tertiary/aromatic N) is 1. The molecule has 1 aliphatic heterocycles. The van der Waals surface area contributed by atoms with Gasteiger partial charge in [0.1, 0.15) is 6.04 Å². The van der Waals surface area contributed by atoms with Gasteiger partial charge in [-0.15, -0.1) is 0 Å². The molecule has 0 N–H and O–H groups in total. The molecule has 0 aromatic heterocycles. The third-order valence-electron chi connectivity index (χ3n) is 6.42. The summed E-state index contributed by atoms with van der Waals surface area (Å²) < 4.78 is 8.06. The van der Waals surface area contributed by atoms with E-state index in [1.807, 2.05) is 6.07 Å². The van der Waals surface area contributed by atoms with Crippen molar-refractivity contribution in [3.8, 4) is 0 Å². The van der Waals surface area contributed by atoms with Crippen LogP contribution in [0.5, 0.6) is 0 Å². The first kappa shape index (κ1) is 21.2. The molecule has 164 valence electrons. The van der Waals surface area contributed by atoms with Gasteiger partial charge in [-0.1, -0.05) is 109 Å². The van der Waals surface area contributed by atoms with Gasteiger partial charge in [0.2, 0.25) is 0 Å². The van der Waals surface area contributed by atoms with E-state index in [2.05, 4.69) is 120 Å². The number of ether oxygens (including phenoxy) is 1. The molecule has 1 aliphatic rings. The minimum Gasteiger partial charge on any atom is -0.464 e. The zero-order chi connectivity index (χ0) is 22.5. The third kappa shape index (κ3) is 3.87. The lowest BCUT2D eigenvalue weighted by Crippen LogP contribution is -2.80. The van der Waals surface area contributed by atoms with Crippen LogP contribution in [0.3, 0.4) is 0 Å². The summed E-state index contributed by atoms with van der Waals surface area (Å²) in [5.41, 5.74) is 1.05. The summed E-state index contributed by atoms with van der Waals surface area (Å²) in [6.07, 6.45) is 1.64. The Bertz CT molecular complexity index is 1090. The lowest BCUT2D eigenvalue weighted by molar-refractivity contribution is -0.148. The number of esters is 1. The van der Waals surface area contributed by atoms with Gasteiger partial charge in [-0.3, -0.25) is 0 Å². The van der Waals surface area contributed by atoms with Crippen LogP contribution in [0.4, 0.5) is 5.69 Å². The molecule has 5 rings (SSSR count). The number of hydrogen-bond donors (Lipinski definition) is 0. The normalized spacial score (nSPS) is 16.1. The number of hydrogen-bond acceptors (Lipinski definition) is 3.